The molecule has 2 aromatic rings. The molecule has 0 aromatic heterocycles. The van der Waals surface area contributed by atoms with Crippen molar-refractivity contribution in [3.05, 3.63) is 64.7 Å². The molecule has 152 valence electrons. The summed E-state index contributed by atoms with van der Waals surface area (Å²) in [5.74, 6) is 0.0294. The maximum Gasteiger partial charge on any atom is 0.416 e. The van der Waals surface area contributed by atoms with Gasteiger partial charge < -0.3 is 15.2 Å². The summed E-state index contributed by atoms with van der Waals surface area (Å²) in [7, 11) is 0. The molecule has 0 fully saturated rings. The lowest BCUT2D eigenvalue weighted by Gasteiger charge is -2.14. The molecule has 0 radical (unpaired) electrons. The first kappa shape index (κ1) is 21.8. The fourth-order valence-corrected chi connectivity index (χ4v) is 2.69. The second kappa shape index (κ2) is 9.59. The molecular weight excluding hydrogens is 371 g/mol. The summed E-state index contributed by atoms with van der Waals surface area (Å²) in [6, 6.07) is 10.3. The third kappa shape index (κ3) is 6.88. The quantitative estimate of drug-likeness (QED) is 0.715. The van der Waals surface area contributed by atoms with Crippen molar-refractivity contribution in [2.24, 2.45) is 0 Å². The van der Waals surface area contributed by atoms with Crippen molar-refractivity contribution in [1.82, 2.24) is 5.32 Å². The number of hydrogen-bond donors (Lipinski definition) is 2. The summed E-state index contributed by atoms with van der Waals surface area (Å²) in [6.07, 6.45) is -4.46. The molecule has 4 nitrogen and oxygen atoms in total. The van der Waals surface area contributed by atoms with Crippen LogP contribution >= 0.6 is 0 Å². The van der Waals surface area contributed by atoms with E-state index in [1.54, 1.807) is 0 Å². The molecule has 0 saturated heterocycles. The van der Waals surface area contributed by atoms with Gasteiger partial charge in [-0.05, 0) is 55.7 Å². The van der Waals surface area contributed by atoms with E-state index in [1.165, 1.54) is 17.7 Å². The Morgan fingerprint density at radius 3 is 2.43 bits per heavy atom. The minimum absolute atomic E-state index is 0.00630. The number of amides is 1. The first-order valence-corrected chi connectivity index (χ1v) is 8.96. The minimum atomic E-state index is -4.40. The largest absolute Gasteiger partial charge is 0.491 e. The van der Waals surface area contributed by atoms with Gasteiger partial charge in [0.05, 0.1) is 5.56 Å². The van der Waals surface area contributed by atoms with Gasteiger partial charge in [0, 0.05) is 13.0 Å². The summed E-state index contributed by atoms with van der Waals surface area (Å²) < 4.78 is 42.8. The molecule has 28 heavy (non-hydrogen) atoms. The number of aliphatic hydroxyl groups is 1. The maximum atomic E-state index is 12.5. The molecule has 0 bridgehead atoms. The van der Waals surface area contributed by atoms with Crippen LogP contribution in [0.1, 0.15) is 28.7 Å². The fraction of sp³-hybridized carbons (Fsp3) is 0.381. The number of hydrogen-bond acceptors (Lipinski definition) is 3. The summed E-state index contributed by atoms with van der Waals surface area (Å²) in [6.45, 7) is 3.88. The van der Waals surface area contributed by atoms with Gasteiger partial charge in [0.25, 0.3) is 0 Å². The highest BCUT2D eigenvalue weighted by atomic mass is 19.4. The average Bonchev–Trinajstić information content (AvgIpc) is 2.63. The lowest BCUT2D eigenvalue weighted by atomic mass is 10.0. The molecule has 2 aromatic carbocycles. The fourth-order valence-electron chi connectivity index (χ4n) is 2.69. The molecule has 1 unspecified atom stereocenters. The number of rotatable bonds is 8. The first-order valence-electron chi connectivity index (χ1n) is 8.96. The lowest BCUT2D eigenvalue weighted by Crippen LogP contribution is -2.35. The predicted molar refractivity (Wildman–Crippen MR) is 100 cm³/mol. The summed E-state index contributed by atoms with van der Waals surface area (Å²) in [5.41, 5.74) is 2.64. The van der Waals surface area contributed by atoms with Crippen LogP contribution in [-0.4, -0.2) is 30.3 Å². The standard InChI is InChI=1S/C21H24F3NO3/c1-14-3-4-16(15(2)11-14)5-10-20(27)25-12-18(26)13-28-19-8-6-17(7-9-19)21(22,23)24/h3-4,6-9,11,18,26H,5,10,12-13H2,1-2H3,(H,25,27). The molecular formula is C21H24F3NO3. The van der Waals surface area contributed by atoms with Gasteiger partial charge in [-0.1, -0.05) is 23.8 Å². The Morgan fingerprint density at radius 2 is 1.82 bits per heavy atom. The molecule has 1 atom stereocenters. The van der Waals surface area contributed by atoms with Gasteiger partial charge in [0.15, 0.2) is 0 Å². The maximum absolute atomic E-state index is 12.5. The number of alkyl halides is 3. The van der Waals surface area contributed by atoms with Crippen molar-refractivity contribution < 1.29 is 27.8 Å². The predicted octanol–water partition coefficient (Wildman–Crippen LogP) is 3.81. The van der Waals surface area contributed by atoms with Crippen LogP contribution in [-0.2, 0) is 17.4 Å². The Bertz CT molecular complexity index is 788. The SMILES string of the molecule is Cc1ccc(CCC(=O)NCC(O)COc2ccc(C(F)(F)F)cc2)c(C)c1. The number of benzene rings is 2. The summed E-state index contributed by atoms with van der Waals surface area (Å²) in [5, 5.41) is 12.5. The Kier molecular flexibility index (Phi) is 7.45. The van der Waals surface area contributed by atoms with Gasteiger partial charge >= 0.3 is 6.18 Å². The molecule has 0 heterocycles. The number of nitrogens with one attached hydrogen (secondary N) is 1. The minimum Gasteiger partial charge on any atom is -0.491 e. The van der Waals surface area contributed by atoms with Crippen molar-refractivity contribution in [1.29, 1.82) is 0 Å². The van der Waals surface area contributed by atoms with Crippen LogP contribution in [0.25, 0.3) is 0 Å². The molecule has 0 spiro atoms. The van der Waals surface area contributed by atoms with Crippen LogP contribution < -0.4 is 10.1 Å². The van der Waals surface area contributed by atoms with Crippen LogP contribution in [0.4, 0.5) is 13.2 Å². The van der Waals surface area contributed by atoms with E-state index in [0.29, 0.717) is 12.8 Å². The first-order chi connectivity index (χ1) is 13.1. The molecule has 7 heteroatoms. The number of aliphatic hydroxyl groups excluding tert-OH is 1. The monoisotopic (exact) mass is 395 g/mol. The zero-order chi connectivity index (χ0) is 20.7. The van der Waals surface area contributed by atoms with Gasteiger partial charge in [-0.15, -0.1) is 0 Å². The third-order valence-electron chi connectivity index (χ3n) is 4.28. The van der Waals surface area contributed by atoms with E-state index in [0.717, 1.165) is 23.3 Å². The van der Waals surface area contributed by atoms with Crippen LogP contribution in [0.2, 0.25) is 0 Å². The number of halogens is 3. The lowest BCUT2D eigenvalue weighted by molar-refractivity contribution is -0.137. The Balaban J connectivity index is 1.70. The Morgan fingerprint density at radius 1 is 1.14 bits per heavy atom. The Hall–Kier alpha value is -2.54. The van der Waals surface area contributed by atoms with Crippen molar-refractivity contribution in [3.8, 4) is 5.75 Å². The van der Waals surface area contributed by atoms with Gasteiger partial charge in [-0.2, -0.15) is 13.2 Å². The smallest absolute Gasteiger partial charge is 0.416 e. The van der Waals surface area contributed by atoms with Crippen LogP contribution in [0.3, 0.4) is 0 Å². The third-order valence-corrected chi connectivity index (χ3v) is 4.28. The van der Waals surface area contributed by atoms with Gasteiger partial charge in [0.2, 0.25) is 5.91 Å². The second-order valence-corrected chi connectivity index (χ2v) is 6.72. The second-order valence-electron chi connectivity index (χ2n) is 6.72. The van der Waals surface area contributed by atoms with E-state index in [-0.39, 0.29) is 24.8 Å². The average molecular weight is 395 g/mol. The van der Waals surface area contributed by atoms with Gasteiger partial charge in [-0.3, -0.25) is 4.79 Å². The van der Waals surface area contributed by atoms with Gasteiger partial charge in [0.1, 0.15) is 18.5 Å². The van der Waals surface area contributed by atoms with E-state index < -0.39 is 17.8 Å². The van der Waals surface area contributed by atoms with Crippen molar-refractivity contribution in [3.63, 3.8) is 0 Å². The number of carbonyl (C=O) groups excluding carboxylic acids is 1. The molecule has 0 saturated carbocycles. The number of ether oxygens (including phenoxy) is 1. The van der Waals surface area contributed by atoms with Crippen molar-refractivity contribution in [2.75, 3.05) is 13.2 Å². The normalized spacial score (nSPS) is 12.5. The zero-order valence-corrected chi connectivity index (χ0v) is 15.8. The molecule has 1 amide bonds. The van der Waals surface area contributed by atoms with E-state index in [1.807, 2.05) is 26.0 Å². The summed E-state index contributed by atoms with van der Waals surface area (Å²) in [4.78, 5) is 11.9. The molecule has 0 aliphatic rings. The van der Waals surface area contributed by atoms with Crippen LogP contribution in [0, 0.1) is 13.8 Å². The van der Waals surface area contributed by atoms with Gasteiger partial charge in [-0.25, -0.2) is 0 Å². The van der Waals surface area contributed by atoms with Crippen molar-refractivity contribution >= 4 is 5.91 Å². The highest BCUT2D eigenvalue weighted by Gasteiger charge is 2.30. The zero-order valence-electron chi connectivity index (χ0n) is 15.8. The van der Waals surface area contributed by atoms with Crippen LogP contribution in [0.5, 0.6) is 5.75 Å². The number of aryl methyl sites for hydroxylation is 3. The molecule has 0 aliphatic carbocycles. The topological polar surface area (TPSA) is 58.6 Å². The molecule has 0 aliphatic heterocycles. The Labute approximate surface area is 162 Å². The van der Waals surface area contributed by atoms with Crippen LogP contribution in [0.15, 0.2) is 42.5 Å². The van der Waals surface area contributed by atoms with E-state index in [9.17, 15) is 23.1 Å². The highest BCUT2D eigenvalue weighted by molar-refractivity contribution is 5.76. The van der Waals surface area contributed by atoms with Crippen molar-refractivity contribution in [2.45, 2.75) is 39.0 Å². The highest BCUT2D eigenvalue weighted by Crippen LogP contribution is 2.30. The van der Waals surface area contributed by atoms with E-state index in [4.69, 9.17) is 4.74 Å². The number of carbonyl (C=O) groups is 1. The summed E-state index contributed by atoms with van der Waals surface area (Å²) >= 11 is 0. The molecule has 2 rings (SSSR count). The van der Waals surface area contributed by atoms with E-state index >= 15 is 0 Å². The molecule has 2 N–H and O–H groups in total. The van der Waals surface area contributed by atoms with E-state index in [2.05, 4.69) is 11.4 Å².